The molecule has 1 aliphatic heterocycles. The van der Waals surface area contributed by atoms with Crippen LogP contribution in [0.4, 0.5) is 13.2 Å². The van der Waals surface area contributed by atoms with Crippen molar-refractivity contribution in [3.05, 3.63) is 41.7 Å². The van der Waals surface area contributed by atoms with Crippen molar-refractivity contribution >= 4 is 5.70 Å². The molecule has 1 aromatic carbocycles. The van der Waals surface area contributed by atoms with Crippen LogP contribution in [0.15, 0.2) is 18.7 Å². The Bertz CT molecular complexity index is 399. The largest absolute Gasteiger partial charge is 0.372 e. The smallest absolute Gasteiger partial charge is 0.194 e. The van der Waals surface area contributed by atoms with Gasteiger partial charge in [-0.3, -0.25) is 0 Å². The summed E-state index contributed by atoms with van der Waals surface area (Å²) in [6.45, 7) is 5.45. The first-order chi connectivity index (χ1) is 7.59. The van der Waals surface area contributed by atoms with Crippen LogP contribution in [-0.4, -0.2) is 18.0 Å². The maximum atomic E-state index is 13.0. The molecule has 0 bridgehead atoms. The zero-order chi connectivity index (χ0) is 11.7. The van der Waals surface area contributed by atoms with Gasteiger partial charge in [0.1, 0.15) is 0 Å². The molecule has 0 unspecified atom stereocenters. The van der Waals surface area contributed by atoms with Crippen molar-refractivity contribution in [2.24, 2.45) is 0 Å². The Morgan fingerprint density at radius 1 is 1.06 bits per heavy atom. The number of hydrogen-bond acceptors (Lipinski definition) is 1. The van der Waals surface area contributed by atoms with E-state index in [4.69, 9.17) is 0 Å². The molecule has 0 aliphatic carbocycles. The van der Waals surface area contributed by atoms with Crippen molar-refractivity contribution < 1.29 is 13.2 Å². The molecule has 0 amide bonds. The zero-order valence-corrected chi connectivity index (χ0v) is 8.77. The van der Waals surface area contributed by atoms with Crippen LogP contribution in [0.2, 0.25) is 0 Å². The second-order valence-electron chi connectivity index (χ2n) is 3.89. The fourth-order valence-corrected chi connectivity index (χ4v) is 1.89. The molecule has 0 spiro atoms. The lowest BCUT2D eigenvalue weighted by Gasteiger charge is -2.20. The summed E-state index contributed by atoms with van der Waals surface area (Å²) in [6.07, 6.45) is 2.09. The quantitative estimate of drug-likeness (QED) is 0.701. The van der Waals surface area contributed by atoms with Crippen molar-refractivity contribution in [2.45, 2.75) is 12.8 Å². The Kier molecular flexibility index (Phi) is 2.90. The van der Waals surface area contributed by atoms with E-state index in [1.807, 2.05) is 4.90 Å². The predicted octanol–water partition coefficient (Wildman–Crippen LogP) is 3.17. The lowest BCUT2D eigenvalue weighted by molar-refractivity contribution is 0.444. The predicted molar refractivity (Wildman–Crippen MR) is 56.2 cm³/mol. The van der Waals surface area contributed by atoms with Gasteiger partial charge in [0.15, 0.2) is 17.5 Å². The van der Waals surface area contributed by atoms with Crippen LogP contribution in [0.25, 0.3) is 5.70 Å². The van der Waals surface area contributed by atoms with Gasteiger partial charge < -0.3 is 4.90 Å². The number of hydrogen-bond donors (Lipinski definition) is 0. The van der Waals surface area contributed by atoms with Crippen molar-refractivity contribution in [1.82, 2.24) is 4.90 Å². The minimum atomic E-state index is -1.43. The van der Waals surface area contributed by atoms with Crippen molar-refractivity contribution in [2.75, 3.05) is 13.1 Å². The molecule has 1 fully saturated rings. The maximum Gasteiger partial charge on any atom is 0.194 e. The molecule has 1 aliphatic rings. The highest BCUT2D eigenvalue weighted by molar-refractivity contribution is 5.62. The lowest BCUT2D eigenvalue weighted by Crippen LogP contribution is -2.17. The molecule has 1 nitrogen and oxygen atoms in total. The molecule has 1 aromatic rings. The molecule has 0 N–H and O–H groups in total. The van der Waals surface area contributed by atoms with Gasteiger partial charge >= 0.3 is 0 Å². The van der Waals surface area contributed by atoms with Gasteiger partial charge in [0.2, 0.25) is 0 Å². The SMILES string of the molecule is C=C(c1cc(F)c(F)c(F)c1)N1CCCC1. The second kappa shape index (κ2) is 4.20. The molecule has 2 rings (SSSR count). The maximum absolute atomic E-state index is 13.0. The standard InChI is InChI=1S/C12H12F3N/c1-8(16-4-2-3-5-16)9-6-10(13)12(15)11(14)7-9/h6-7H,1-5H2. The molecule has 1 saturated heterocycles. The van der Waals surface area contributed by atoms with Crippen molar-refractivity contribution in [3.8, 4) is 0 Å². The Morgan fingerprint density at radius 2 is 1.56 bits per heavy atom. The molecule has 0 aromatic heterocycles. The van der Waals surface area contributed by atoms with E-state index in [2.05, 4.69) is 6.58 Å². The minimum absolute atomic E-state index is 0.304. The van der Waals surface area contributed by atoms with E-state index in [0.29, 0.717) is 11.3 Å². The van der Waals surface area contributed by atoms with Crippen LogP contribution < -0.4 is 0 Å². The highest BCUT2D eigenvalue weighted by Crippen LogP contribution is 2.24. The van der Waals surface area contributed by atoms with E-state index in [-0.39, 0.29) is 0 Å². The fourth-order valence-electron chi connectivity index (χ4n) is 1.89. The summed E-state index contributed by atoms with van der Waals surface area (Å²) in [5, 5.41) is 0. The lowest BCUT2D eigenvalue weighted by atomic mass is 10.1. The molecular formula is C12H12F3N. The topological polar surface area (TPSA) is 3.24 Å². The van der Waals surface area contributed by atoms with Crippen LogP contribution in [0, 0.1) is 17.5 Å². The summed E-state index contributed by atoms with van der Waals surface area (Å²) in [7, 11) is 0. The average Bonchev–Trinajstić information content (AvgIpc) is 2.77. The fraction of sp³-hybridized carbons (Fsp3) is 0.333. The zero-order valence-electron chi connectivity index (χ0n) is 8.77. The molecule has 0 saturated carbocycles. The average molecular weight is 227 g/mol. The van der Waals surface area contributed by atoms with Gasteiger partial charge in [-0.2, -0.15) is 0 Å². The minimum Gasteiger partial charge on any atom is -0.372 e. The summed E-state index contributed by atoms with van der Waals surface area (Å²) >= 11 is 0. The third kappa shape index (κ3) is 1.92. The van der Waals surface area contributed by atoms with Crippen LogP contribution >= 0.6 is 0 Å². The van der Waals surface area contributed by atoms with E-state index in [1.165, 1.54) is 0 Å². The number of nitrogens with zero attached hydrogens (tertiary/aromatic N) is 1. The third-order valence-corrected chi connectivity index (χ3v) is 2.80. The van der Waals surface area contributed by atoms with E-state index in [0.717, 1.165) is 38.1 Å². The molecule has 86 valence electrons. The Hall–Kier alpha value is -1.45. The van der Waals surface area contributed by atoms with Gasteiger partial charge in [-0.1, -0.05) is 6.58 Å². The Balaban J connectivity index is 2.29. The van der Waals surface area contributed by atoms with Gasteiger partial charge in [0.25, 0.3) is 0 Å². The molecule has 16 heavy (non-hydrogen) atoms. The van der Waals surface area contributed by atoms with Crippen LogP contribution in [0.3, 0.4) is 0 Å². The normalized spacial score (nSPS) is 15.6. The van der Waals surface area contributed by atoms with Crippen LogP contribution in [0.5, 0.6) is 0 Å². The van der Waals surface area contributed by atoms with Gasteiger partial charge in [0, 0.05) is 24.4 Å². The van der Waals surface area contributed by atoms with Crippen LogP contribution in [0.1, 0.15) is 18.4 Å². The summed E-state index contributed by atoms with van der Waals surface area (Å²) in [5.74, 6) is -3.77. The van der Waals surface area contributed by atoms with E-state index in [1.54, 1.807) is 0 Å². The number of likely N-dealkylation sites (tertiary alicyclic amines) is 1. The van der Waals surface area contributed by atoms with Crippen molar-refractivity contribution in [3.63, 3.8) is 0 Å². The Labute approximate surface area is 92.2 Å². The first kappa shape index (κ1) is 11.0. The van der Waals surface area contributed by atoms with Gasteiger partial charge in [0.05, 0.1) is 0 Å². The van der Waals surface area contributed by atoms with Crippen molar-refractivity contribution in [1.29, 1.82) is 0 Å². The van der Waals surface area contributed by atoms with E-state index >= 15 is 0 Å². The van der Waals surface area contributed by atoms with Crippen LogP contribution in [-0.2, 0) is 0 Å². The highest BCUT2D eigenvalue weighted by Gasteiger charge is 2.17. The van der Waals surface area contributed by atoms with Gasteiger partial charge in [-0.15, -0.1) is 0 Å². The number of rotatable bonds is 2. The summed E-state index contributed by atoms with van der Waals surface area (Å²) in [4.78, 5) is 1.95. The Morgan fingerprint density at radius 3 is 2.06 bits per heavy atom. The molecule has 0 radical (unpaired) electrons. The van der Waals surface area contributed by atoms with E-state index < -0.39 is 17.5 Å². The summed E-state index contributed by atoms with van der Waals surface area (Å²) < 4.78 is 38.8. The first-order valence-corrected chi connectivity index (χ1v) is 5.18. The number of benzene rings is 1. The van der Waals surface area contributed by atoms with Gasteiger partial charge in [-0.25, -0.2) is 13.2 Å². The summed E-state index contributed by atoms with van der Waals surface area (Å²) in [6, 6.07) is 1.97. The molecule has 4 heteroatoms. The first-order valence-electron chi connectivity index (χ1n) is 5.18. The third-order valence-electron chi connectivity index (χ3n) is 2.80. The van der Waals surface area contributed by atoms with Gasteiger partial charge in [-0.05, 0) is 25.0 Å². The molecule has 0 atom stereocenters. The molecule has 1 heterocycles. The number of halogens is 3. The molecular weight excluding hydrogens is 215 g/mol. The summed E-state index contributed by atoms with van der Waals surface area (Å²) in [5.41, 5.74) is 0.855. The second-order valence-corrected chi connectivity index (χ2v) is 3.89. The van der Waals surface area contributed by atoms with E-state index in [9.17, 15) is 13.2 Å². The monoisotopic (exact) mass is 227 g/mol. The highest BCUT2D eigenvalue weighted by atomic mass is 19.2.